The van der Waals surface area contributed by atoms with E-state index in [1.165, 1.54) is 25.4 Å². The Morgan fingerprint density at radius 3 is 2.03 bits per heavy atom. The molecule has 0 aromatic heterocycles. The van der Waals surface area contributed by atoms with Crippen LogP contribution in [0.1, 0.15) is 17.2 Å². The molecule has 1 unspecified atom stereocenters. The molecule has 1 atom stereocenters. The fourth-order valence-electron chi connectivity index (χ4n) is 3.55. The number of nitrogens with zero attached hydrogens (tertiary/aromatic N) is 2. The number of rotatable bonds is 1. The predicted molar refractivity (Wildman–Crippen MR) is 135 cm³/mol. The van der Waals surface area contributed by atoms with Gasteiger partial charge in [-0.25, -0.2) is 0 Å². The van der Waals surface area contributed by atoms with Crippen molar-refractivity contribution >= 4 is 47.9 Å². The van der Waals surface area contributed by atoms with Gasteiger partial charge in [0.25, 0.3) is 20.2 Å². The van der Waals surface area contributed by atoms with E-state index in [9.17, 15) is 16.8 Å². The SMILES string of the molecule is CN1CCN(C2Cc3cc(Br)ccc3Sc3ccccc32)CC1.CS(=O)(=O)O.CS(=O)(=O)O. The second kappa shape index (κ2) is 12.1. The fourth-order valence-corrected chi connectivity index (χ4v) is 5.08. The minimum atomic E-state index is -3.67. The van der Waals surface area contributed by atoms with E-state index >= 15 is 0 Å². The molecule has 4 rings (SSSR count). The van der Waals surface area contributed by atoms with Gasteiger partial charge in [0.1, 0.15) is 0 Å². The van der Waals surface area contributed by atoms with Gasteiger partial charge in [-0.2, -0.15) is 16.8 Å². The van der Waals surface area contributed by atoms with Gasteiger partial charge in [-0.15, -0.1) is 0 Å². The molecule has 0 aliphatic carbocycles. The highest BCUT2D eigenvalue weighted by molar-refractivity contribution is 9.10. The van der Waals surface area contributed by atoms with Crippen molar-refractivity contribution in [3.05, 3.63) is 58.1 Å². The lowest BCUT2D eigenvalue weighted by atomic mass is 9.97. The molecular weight excluding hydrogens is 552 g/mol. The Balaban J connectivity index is 0.000000327. The highest BCUT2D eigenvalue weighted by atomic mass is 79.9. The van der Waals surface area contributed by atoms with Gasteiger partial charge < -0.3 is 4.90 Å². The third kappa shape index (κ3) is 10.9. The smallest absolute Gasteiger partial charge is 0.261 e. The standard InChI is InChI=1S/C19H21BrN2S.2CH4O3S/c1-21-8-10-22(11-9-21)17-13-14-12-15(20)6-7-18(14)23-19-5-3-2-4-16(17)19;2*1-5(2,3)4/h2-7,12,17H,8-11,13H2,1H3;2*1H3,(H,2,3,4). The van der Waals surface area contributed by atoms with Crippen molar-refractivity contribution in [1.82, 2.24) is 9.80 Å². The third-order valence-electron chi connectivity index (χ3n) is 4.91. The first-order valence-corrected chi connectivity index (χ1v) is 15.3. The molecule has 1 fully saturated rings. The molecule has 2 N–H and O–H groups in total. The van der Waals surface area contributed by atoms with Crippen molar-refractivity contribution in [2.24, 2.45) is 0 Å². The van der Waals surface area contributed by atoms with E-state index in [-0.39, 0.29) is 0 Å². The Morgan fingerprint density at radius 2 is 1.45 bits per heavy atom. The summed E-state index contributed by atoms with van der Waals surface area (Å²) >= 11 is 5.57. The number of hydrogen-bond acceptors (Lipinski definition) is 7. The van der Waals surface area contributed by atoms with Crippen molar-refractivity contribution < 1.29 is 25.9 Å². The molecule has 0 spiro atoms. The van der Waals surface area contributed by atoms with Gasteiger partial charge in [0, 0.05) is 46.5 Å². The second-order valence-electron chi connectivity index (χ2n) is 7.92. The zero-order valence-corrected chi connectivity index (χ0v) is 22.7. The molecular formula is C21H29BrN2O6S3. The van der Waals surface area contributed by atoms with Crippen molar-refractivity contribution in [3.63, 3.8) is 0 Å². The summed E-state index contributed by atoms with van der Waals surface area (Å²) in [5.41, 5.74) is 2.96. The van der Waals surface area contributed by atoms with Crippen LogP contribution in [0.5, 0.6) is 0 Å². The van der Waals surface area contributed by atoms with Crippen molar-refractivity contribution in [1.29, 1.82) is 0 Å². The molecule has 0 radical (unpaired) electrons. The van der Waals surface area contributed by atoms with E-state index in [0.29, 0.717) is 18.6 Å². The molecule has 0 amide bonds. The Morgan fingerprint density at radius 1 is 0.909 bits per heavy atom. The number of benzene rings is 2. The zero-order chi connectivity index (χ0) is 24.8. The lowest BCUT2D eigenvalue weighted by Crippen LogP contribution is -2.46. The molecule has 0 bridgehead atoms. The van der Waals surface area contributed by atoms with Gasteiger partial charge in [-0.3, -0.25) is 14.0 Å². The van der Waals surface area contributed by atoms with Gasteiger partial charge in [0.2, 0.25) is 0 Å². The number of likely N-dealkylation sites (N-methyl/N-ethyl adjacent to an activating group) is 1. The highest BCUT2D eigenvalue weighted by Gasteiger charge is 2.29. The summed E-state index contributed by atoms with van der Waals surface area (Å²) in [6.45, 7) is 4.64. The van der Waals surface area contributed by atoms with Gasteiger partial charge in [-0.1, -0.05) is 45.9 Å². The van der Waals surface area contributed by atoms with Crippen LogP contribution < -0.4 is 0 Å². The first-order chi connectivity index (χ1) is 15.2. The molecule has 184 valence electrons. The summed E-state index contributed by atoms with van der Waals surface area (Å²) in [5.74, 6) is 0. The molecule has 0 saturated carbocycles. The number of fused-ring (bicyclic) bond motifs is 2. The molecule has 2 aliphatic heterocycles. The third-order valence-corrected chi connectivity index (χ3v) is 6.62. The van der Waals surface area contributed by atoms with E-state index in [0.717, 1.165) is 32.6 Å². The van der Waals surface area contributed by atoms with Crippen molar-refractivity contribution in [2.45, 2.75) is 22.3 Å². The summed E-state index contributed by atoms with van der Waals surface area (Å²) in [7, 11) is -5.11. The monoisotopic (exact) mass is 580 g/mol. The van der Waals surface area contributed by atoms with Crippen LogP contribution >= 0.6 is 27.7 Å². The Labute approximate surface area is 209 Å². The maximum atomic E-state index is 9.19. The van der Waals surface area contributed by atoms with Crippen molar-refractivity contribution in [3.8, 4) is 0 Å². The molecule has 2 aromatic rings. The van der Waals surface area contributed by atoms with Crippen LogP contribution in [0.2, 0.25) is 0 Å². The summed E-state index contributed by atoms with van der Waals surface area (Å²) in [6.07, 6.45) is 2.53. The van der Waals surface area contributed by atoms with E-state index in [4.69, 9.17) is 9.11 Å². The molecule has 2 aliphatic rings. The number of halogens is 1. The molecule has 2 heterocycles. The molecule has 12 heteroatoms. The van der Waals surface area contributed by atoms with Crippen LogP contribution in [0.4, 0.5) is 0 Å². The van der Waals surface area contributed by atoms with Crippen LogP contribution in [-0.2, 0) is 26.7 Å². The van der Waals surface area contributed by atoms with Gasteiger partial charge in [0.15, 0.2) is 0 Å². The van der Waals surface area contributed by atoms with Crippen LogP contribution in [0.25, 0.3) is 0 Å². The Bertz CT molecular complexity index is 1100. The summed E-state index contributed by atoms with van der Waals surface area (Å²) in [6, 6.07) is 16.2. The van der Waals surface area contributed by atoms with Gasteiger partial charge >= 0.3 is 0 Å². The van der Waals surface area contributed by atoms with Crippen LogP contribution in [0, 0.1) is 0 Å². The predicted octanol–water partition coefficient (Wildman–Crippen LogP) is 3.45. The second-order valence-corrected chi connectivity index (χ2v) is 12.8. The highest BCUT2D eigenvalue weighted by Crippen LogP contribution is 2.43. The van der Waals surface area contributed by atoms with Gasteiger partial charge in [-0.05, 0) is 48.9 Å². The van der Waals surface area contributed by atoms with Crippen LogP contribution in [0.15, 0.2) is 56.7 Å². The first-order valence-electron chi connectivity index (χ1n) is 10.0. The Hall–Kier alpha value is -0.990. The average Bonchev–Trinajstić information content (AvgIpc) is 2.82. The molecule has 33 heavy (non-hydrogen) atoms. The maximum absolute atomic E-state index is 9.19. The first kappa shape index (κ1) is 28.2. The summed E-state index contributed by atoms with van der Waals surface area (Å²) < 4.78 is 52.9. The van der Waals surface area contributed by atoms with Gasteiger partial charge in [0.05, 0.1) is 12.5 Å². The lowest BCUT2D eigenvalue weighted by Gasteiger charge is -2.38. The minimum Gasteiger partial charge on any atom is -0.304 e. The normalized spacial score (nSPS) is 19.0. The zero-order valence-electron chi connectivity index (χ0n) is 18.7. The van der Waals surface area contributed by atoms with Crippen molar-refractivity contribution in [2.75, 3.05) is 45.7 Å². The maximum Gasteiger partial charge on any atom is 0.261 e. The average molecular weight is 582 g/mol. The summed E-state index contributed by atoms with van der Waals surface area (Å²) in [5, 5.41) is 0. The van der Waals surface area contributed by atoms with Crippen LogP contribution in [-0.4, -0.2) is 81.5 Å². The van der Waals surface area contributed by atoms with E-state index in [1.807, 2.05) is 11.8 Å². The quantitative estimate of drug-likeness (QED) is 0.489. The molecule has 8 nitrogen and oxygen atoms in total. The number of hydrogen-bond donors (Lipinski definition) is 2. The van der Waals surface area contributed by atoms with E-state index < -0.39 is 20.2 Å². The Kier molecular flexibility index (Phi) is 10.4. The molecule has 1 saturated heterocycles. The topological polar surface area (TPSA) is 115 Å². The van der Waals surface area contributed by atoms with E-state index in [2.05, 4.69) is 75.2 Å². The fraction of sp³-hybridized carbons (Fsp3) is 0.429. The lowest BCUT2D eigenvalue weighted by molar-refractivity contribution is 0.110. The molecule has 2 aromatic carbocycles. The minimum absolute atomic E-state index is 0.489. The number of piperazine rings is 1. The summed E-state index contributed by atoms with van der Waals surface area (Å²) in [4.78, 5) is 7.92. The largest absolute Gasteiger partial charge is 0.304 e. The van der Waals surface area contributed by atoms with E-state index in [1.54, 1.807) is 0 Å². The van der Waals surface area contributed by atoms with Crippen LogP contribution in [0.3, 0.4) is 0 Å².